The molecule has 4 rings (SSSR count). The zero-order chi connectivity index (χ0) is 18.6. The first-order chi connectivity index (χ1) is 13.3. The van der Waals surface area contributed by atoms with Gasteiger partial charge in [-0.2, -0.15) is 0 Å². The number of nitrogens with zero attached hydrogens (tertiary/aromatic N) is 2. The number of nitrogens with one attached hydrogen (secondary N) is 1. The van der Waals surface area contributed by atoms with Gasteiger partial charge in [-0.15, -0.1) is 0 Å². The van der Waals surface area contributed by atoms with Gasteiger partial charge in [-0.25, -0.2) is 0 Å². The lowest BCUT2D eigenvalue weighted by atomic mass is 9.95. The Morgan fingerprint density at radius 1 is 1.11 bits per heavy atom. The Morgan fingerprint density at radius 3 is 2.74 bits per heavy atom. The fraction of sp³-hybridized carbons (Fsp3) is 0.500. The predicted octanol–water partition coefficient (Wildman–Crippen LogP) is 3.35. The van der Waals surface area contributed by atoms with Crippen LogP contribution in [0.5, 0.6) is 5.75 Å². The standard InChI is InChI=1S/C22H29N3O2/c1-27-20-12-6-5-10-18(20)22-19-11-7-13-24(19)14-15-25(22)16-21(26)23-17-8-3-2-4-9-17/h5-7,10-13,17,22H,2-4,8-9,14-16H2,1H3,(H,23,26). The van der Waals surface area contributed by atoms with E-state index in [1.165, 1.54) is 25.0 Å². The van der Waals surface area contributed by atoms with Crippen LogP contribution >= 0.6 is 0 Å². The molecule has 144 valence electrons. The van der Waals surface area contributed by atoms with Crippen molar-refractivity contribution in [2.75, 3.05) is 20.2 Å². The van der Waals surface area contributed by atoms with Crippen molar-refractivity contribution in [1.82, 2.24) is 14.8 Å². The molecule has 1 saturated carbocycles. The topological polar surface area (TPSA) is 46.5 Å². The van der Waals surface area contributed by atoms with Gasteiger partial charge < -0.3 is 14.6 Å². The fourth-order valence-electron chi connectivity index (χ4n) is 4.55. The first kappa shape index (κ1) is 18.1. The van der Waals surface area contributed by atoms with Gasteiger partial charge in [-0.05, 0) is 31.0 Å². The minimum absolute atomic E-state index is 0.0296. The summed E-state index contributed by atoms with van der Waals surface area (Å²) < 4.78 is 7.91. The van der Waals surface area contributed by atoms with Crippen LogP contribution < -0.4 is 10.1 Å². The van der Waals surface area contributed by atoms with Crippen LogP contribution in [0.4, 0.5) is 0 Å². The largest absolute Gasteiger partial charge is 0.496 e. The van der Waals surface area contributed by atoms with Gasteiger partial charge in [0.15, 0.2) is 0 Å². The van der Waals surface area contributed by atoms with Gasteiger partial charge >= 0.3 is 0 Å². The minimum atomic E-state index is 0.0296. The molecule has 1 fully saturated rings. The first-order valence-electron chi connectivity index (χ1n) is 10.1. The highest BCUT2D eigenvalue weighted by atomic mass is 16.5. The fourth-order valence-corrected chi connectivity index (χ4v) is 4.55. The Bertz CT molecular complexity index is 779. The molecule has 1 aromatic heterocycles. The number of hydrogen-bond donors (Lipinski definition) is 1. The molecular formula is C22H29N3O2. The third kappa shape index (κ3) is 3.88. The number of methoxy groups -OCH3 is 1. The third-order valence-electron chi connectivity index (χ3n) is 5.89. The van der Waals surface area contributed by atoms with Crippen molar-refractivity contribution >= 4 is 5.91 Å². The average molecular weight is 367 g/mol. The van der Waals surface area contributed by atoms with Crippen molar-refractivity contribution in [3.8, 4) is 5.75 Å². The van der Waals surface area contributed by atoms with Crippen molar-refractivity contribution < 1.29 is 9.53 Å². The lowest BCUT2D eigenvalue weighted by molar-refractivity contribution is -0.123. The monoisotopic (exact) mass is 367 g/mol. The SMILES string of the molecule is COc1ccccc1C1c2cccn2CCN1CC(=O)NC1CCCCC1. The quantitative estimate of drug-likeness (QED) is 0.882. The summed E-state index contributed by atoms with van der Waals surface area (Å²) in [7, 11) is 1.71. The molecule has 0 saturated heterocycles. The van der Waals surface area contributed by atoms with E-state index in [1.807, 2.05) is 18.2 Å². The van der Waals surface area contributed by atoms with E-state index in [1.54, 1.807) is 7.11 Å². The number of ether oxygens (including phenoxy) is 1. The first-order valence-corrected chi connectivity index (χ1v) is 10.1. The highest BCUT2D eigenvalue weighted by molar-refractivity contribution is 5.78. The number of para-hydroxylation sites is 1. The molecule has 1 aromatic carbocycles. The second-order valence-electron chi connectivity index (χ2n) is 7.64. The van der Waals surface area contributed by atoms with Gasteiger partial charge in [0.25, 0.3) is 0 Å². The summed E-state index contributed by atoms with van der Waals surface area (Å²) in [6.07, 6.45) is 8.11. The molecule has 2 aromatic rings. The molecule has 1 aliphatic heterocycles. The van der Waals surface area contributed by atoms with E-state index in [9.17, 15) is 4.79 Å². The van der Waals surface area contributed by atoms with E-state index in [-0.39, 0.29) is 11.9 Å². The molecule has 1 atom stereocenters. The van der Waals surface area contributed by atoms with E-state index in [0.29, 0.717) is 12.6 Å². The summed E-state index contributed by atoms with van der Waals surface area (Å²) in [5.74, 6) is 1.01. The van der Waals surface area contributed by atoms with Crippen molar-refractivity contribution in [3.63, 3.8) is 0 Å². The molecule has 27 heavy (non-hydrogen) atoms. The number of carbonyl (C=O) groups is 1. The molecule has 1 aliphatic carbocycles. The van der Waals surface area contributed by atoms with Gasteiger partial charge in [0, 0.05) is 36.6 Å². The number of aromatic nitrogens is 1. The number of benzene rings is 1. The molecule has 1 unspecified atom stereocenters. The van der Waals surface area contributed by atoms with Crippen LogP contribution in [0.2, 0.25) is 0 Å². The summed E-state index contributed by atoms with van der Waals surface area (Å²) in [5.41, 5.74) is 2.33. The normalized spacial score (nSPS) is 20.9. The molecular weight excluding hydrogens is 338 g/mol. The van der Waals surface area contributed by atoms with Crippen molar-refractivity contribution in [2.24, 2.45) is 0 Å². The van der Waals surface area contributed by atoms with E-state index in [0.717, 1.165) is 37.2 Å². The molecule has 2 heterocycles. The van der Waals surface area contributed by atoms with Crippen LogP contribution in [-0.2, 0) is 11.3 Å². The molecule has 0 spiro atoms. The van der Waals surface area contributed by atoms with Crippen molar-refractivity contribution in [3.05, 3.63) is 53.9 Å². The lowest BCUT2D eigenvalue weighted by Gasteiger charge is -2.37. The minimum Gasteiger partial charge on any atom is -0.496 e. The Kier molecular flexibility index (Phi) is 5.48. The smallest absolute Gasteiger partial charge is 0.234 e. The average Bonchev–Trinajstić information content (AvgIpc) is 3.17. The Labute approximate surface area is 161 Å². The maximum absolute atomic E-state index is 12.8. The Balaban J connectivity index is 1.56. The van der Waals surface area contributed by atoms with Crippen molar-refractivity contribution in [1.29, 1.82) is 0 Å². The Hall–Kier alpha value is -2.27. The second kappa shape index (κ2) is 8.17. The lowest BCUT2D eigenvalue weighted by Crippen LogP contribution is -2.47. The van der Waals surface area contributed by atoms with Crippen LogP contribution in [0.15, 0.2) is 42.6 Å². The molecule has 5 nitrogen and oxygen atoms in total. The van der Waals surface area contributed by atoms with Gasteiger partial charge in [0.2, 0.25) is 5.91 Å². The molecule has 0 bridgehead atoms. The van der Waals surface area contributed by atoms with Crippen LogP contribution in [-0.4, -0.2) is 41.6 Å². The predicted molar refractivity (Wildman–Crippen MR) is 106 cm³/mol. The van der Waals surface area contributed by atoms with Crippen LogP contribution in [0, 0.1) is 0 Å². The van der Waals surface area contributed by atoms with Gasteiger partial charge in [-0.3, -0.25) is 9.69 Å². The van der Waals surface area contributed by atoms with Crippen LogP contribution in [0.1, 0.15) is 49.4 Å². The molecule has 1 amide bonds. The highest BCUT2D eigenvalue weighted by Crippen LogP contribution is 2.36. The van der Waals surface area contributed by atoms with Crippen molar-refractivity contribution in [2.45, 2.75) is 50.7 Å². The maximum atomic E-state index is 12.8. The number of carbonyl (C=O) groups excluding carboxylic acids is 1. The number of fused-ring (bicyclic) bond motifs is 1. The summed E-state index contributed by atoms with van der Waals surface area (Å²) in [5, 5.41) is 3.27. The molecule has 5 heteroatoms. The van der Waals surface area contributed by atoms with E-state index < -0.39 is 0 Å². The maximum Gasteiger partial charge on any atom is 0.234 e. The third-order valence-corrected chi connectivity index (χ3v) is 5.89. The van der Waals surface area contributed by atoms with Gasteiger partial charge in [0.1, 0.15) is 5.75 Å². The zero-order valence-electron chi connectivity index (χ0n) is 16.1. The Morgan fingerprint density at radius 2 is 1.93 bits per heavy atom. The van der Waals surface area contributed by atoms with Crippen LogP contribution in [0.3, 0.4) is 0 Å². The van der Waals surface area contributed by atoms with E-state index >= 15 is 0 Å². The summed E-state index contributed by atoms with van der Waals surface area (Å²) in [4.78, 5) is 15.1. The van der Waals surface area contributed by atoms with E-state index in [2.05, 4.69) is 39.2 Å². The summed E-state index contributed by atoms with van der Waals surface area (Å²) in [6.45, 7) is 2.18. The molecule has 0 radical (unpaired) electrons. The number of hydrogen-bond acceptors (Lipinski definition) is 3. The van der Waals surface area contributed by atoms with Crippen LogP contribution in [0.25, 0.3) is 0 Å². The van der Waals surface area contributed by atoms with Gasteiger partial charge in [0.05, 0.1) is 19.7 Å². The number of amides is 1. The zero-order valence-corrected chi connectivity index (χ0v) is 16.1. The second-order valence-corrected chi connectivity index (χ2v) is 7.64. The highest BCUT2D eigenvalue weighted by Gasteiger charge is 2.32. The summed E-state index contributed by atoms with van der Waals surface area (Å²) >= 11 is 0. The summed E-state index contributed by atoms with van der Waals surface area (Å²) in [6, 6.07) is 12.8. The van der Waals surface area contributed by atoms with Gasteiger partial charge in [-0.1, -0.05) is 37.5 Å². The molecule has 1 N–H and O–H groups in total. The molecule has 2 aliphatic rings. The number of rotatable bonds is 5. The van der Waals surface area contributed by atoms with E-state index in [4.69, 9.17) is 4.74 Å².